The van der Waals surface area contributed by atoms with Crippen LogP contribution >= 0.6 is 0 Å². The van der Waals surface area contributed by atoms with E-state index < -0.39 is 0 Å². The summed E-state index contributed by atoms with van der Waals surface area (Å²) in [6.45, 7) is 0.270. The number of hydrogen-bond acceptors (Lipinski definition) is 4. The number of nitrogens with one attached hydrogen (secondary N) is 2. The highest BCUT2D eigenvalue weighted by Crippen LogP contribution is 2.05. The minimum absolute atomic E-state index is 0.270. The van der Waals surface area contributed by atoms with Gasteiger partial charge in [-0.3, -0.25) is 9.89 Å². The predicted molar refractivity (Wildman–Crippen MR) is 66.7 cm³/mol. The molecule has 0 bridgehead atoms. The van der Waals surface area contributed by atoms with Gasteiger partial charge in [0.15, 0.2) is 0 Å². The highest BCUT2D eigenvalue weighted by atomic mass is 16.2. The van der Waals surface area contributed by atoms with Crippen molar-refractivity contribution < 1.29 is 4.79 Å². The maximum atomic E-state index is 11.7. The third-order valence-corrected chi connectivity index (χ3v) is 2.05. The summed E-state index contributed by atoms with van der Waals surface area (Å²) in [7, 11) is 0. The van der Waals surface area contributed by atoms with Gasteiger partial charge in [-0.1, -0.05) is 12.0 Å². The SMILES string of the molecule is NCC#Cc1cccc(NC(=O)c2ccn[nH]2)n1. The molecule has 6 nitrogen and oxygen atoms in total. The summed E-state index contributed by atoms with van der Waals surface area (Å²) in [4.78, 5) is 15.9. The molecule has 6 heteroatoms. The van der Waals surface area contributed by atoms with Gasteiger partial charge in [0.05, 0.1) is 6.54 Å². The lowest BCUT2D eigenvalue weighted by Crippen LogP contribution is -2.13. The second kappa shape index (κ2) is 5.61. The van der Waals surface area contributed by atoms with Crippen LogP contribution in [0.2, 0.25) is 0 Å². The van der Waals surface area contributed by atoms with E-state index in [1.165, 1.54) is 6.20 Å². The third kappa shape index (κ3) is 2.93. The number of carbonyl (C=O) groups excluding carboxylic acids is 1. The van der Waals surface area contributed by atoms with Gasteiger partial charge in [-0.2, -0.15) is 5.10 Å². The highest BCUT2D eigenvalue weighted by Gasteiger charge is 2.07. The minimum Gasteiger partial charge on any atom is -0.320 e. The first kappa shape index (κ1) is 11.8. The molecule has 90 valence electrons. The van der Waals surface area contributed by atoms with Crippen molar-refractivity contribution in [3.8, 4) is 11.8 Å². The zero-order chi connectivity index (χ0) is 12.8. The zero-order valence-electron chi connectivity index (χ0n) is 9.47. The molecular formula is C12H11N5O. The first-order valence-corrected chi connectivity index (χ1v) is 5.26. The fraction of sp³-hybridized carbons (Fsp3) is 0.0833. The number of hydrogen-bond donors (Lipinski definition) is 3. The summed E-state index contributed by atoms with van der Waals surface area (Å²) in [5.41, 5.74) is 6.21. The quantitative estimate of drug-likeness (QED) is 0.662. The second-order valence-electron chi connectivity index (χ2n) is 3.34. The van der Waals surface area contributed by atoms with E-state index in [2.05, 4.69) is 32.3 Å². The van der Waals surface area contributed by atoms with Gasteiger partial charge in [0.1, 0.15) is 17.2 Å². The van der Waals surface area contributed by atoms with E-state index in [0.717, 1.165) is 0 Å². The minimum atomic E-state index is -0.302. The van der Waals surface area contributed by atoms with Crippen LogP contribution < -0.4 is 11.1 Å². The molecule has 2 aromatic heterocycles. The fourth-order valence-corrected chi connectivity index (χ4v) is 1.28. The Morgan fingerprint density at radius 2 is 2.33 bits per heavy atom. The summed E-state index contributed by atoms with van der Waals surface area (Å²) in [5, 5.41) is 8.91. The van der Waals surface area contributed by atoms with Crippen LogP contribution in [0.3, 0.4) is 0 Å². The molecule has 2 rings (SSSR count). The molecule has 18 heavy (non-hydrogen) atoms. The number of nitrogens with zero attached hydrogens (tertiary/aromatic N) is 2. The van der Waals surface area contributed by atoms with Gasteiger partial charge >= 0.3 is 0 Å². The molecule has 0 aliphatic rings. The van der Waals surface area contributed by atoms with E-state index in [-0.39, 0.29) is 12.5 Å². The number of H-pyrrole nitrogens is 1. The summed E-state index contributed by atoms with van der Waals surface area (Å²) in [6.07, 6.45) is 1.51. The fourth-order valence-electron chi connectivity index (χ4n) is 1.28. The number of rotatable bonds is 2. The van der Waals surface area contributed by atoms with Crippen molar-refractivity contribution >= 4 is 11.7 Å². The van der Waals surface area contributed by atoms with Crippen LogP contribution in [0.4, 0.5) is 5.82 Å². The molecule has 0 aromatic carbocycles. The molecule has 0 radical (unpaired) electrons. The zero-order valence-corrected chi connectivity index (χ0v) is 9.47. The number of carbonyl (C=O) groups is 1. The van der Waals surface area contributed by atoms with Crippen molar-refractivity contribution in [2.45, 2.75) is 0 Å². The van der Waals surface area contributed by atoms with Crippen LogP contribution in [0, 0.1) is 11.8 Å². The van der Waals surface area contributed by atoms with E-state index in [9.17, 15) is 4.79 Å². The number of pyridine rings is 1. The molecular weight excluding hydrogens is 230 g/mol. The molecule has 2 aromatic rings. The molecule has 0 atom stereocenters. The van der Waals surface area contributed by atoms with Crippen molar-refractivity contribution in [1.82, 2.24) is 15.2 Å². The Morgan fingerprint density at radius 1 is 1.44 bits per heavy atom. The largest absolute Gasteiger partial charge is 0.320 e. The van der Waals surface area contributed by atoms with Gasteiger partial charge < -0.3 is 11.1 Å². The van der Waals surface area contributed by atoms with Crippen molar-refractivity contribution in [1.29, 1.82) is 0 Å². The molecule has 0 aliphatic carbocycles. The molecule has 0 saturated carbocycles. The van der Waals surface area contributed by atoms with E-state index in [0.29, 0.717) is 17.2 Å². The van der Waals surface area contributed by atoms with Crippen LogP contribution in [0.5, 0.6) is 0 Å². The third-order valence-electron chi connectivity index (χ3n) is 2.05. The molecule has 0 unspecified atom stereocenters. The first-order chi connectivity index (χ1) is 8.79. The molecule has 4 N–H and O–H groups in total. The molecule has 2 heterocycles. The van der Waals surface area contributed by atoms with Crippen LogP contribution in [0.15, 0.2) is 30.5 Å². The molecule has 0 saturated heterocycles. The number of anilines is 1. The summed E-state index contributed by atoms with van der Waals surface area (Å²) in [6, 6.07) is 6.76. The lowest BCUT2D eigenvalue weighted by Gasteiger charge is -2.02. The number of aromatic amines is 1. The van der Waals surface area contributed by atoms with Crippen LogP contribution in [-0.4, -0.2) is 27.6 Å². The normalized spacial score (nSPS) is 9.39. The molecule has 0 fully saturated rings. The summed E-state index contributed by atoms with van der Waals surface area (Å²) < 4.78 is 0. The Bertz CT molecular complexity index is 594. The van der Waals surface area contributed by atoms with Gasteiger partial charge in [-0.05, 0) is 24.1 Å². The Labute approximate surface area is 104 Å². The van der Waals surface area contributed by atoms with Gasteiger partial charge in [-0.25, -0.2) is 4.98 Å². The second-order valence-corrected chi connectivity index (χ2v) is 3.34. The number of nitrogens with two attached hydrogens (primary N) is 1. The topological polar surface area (TPSA) is 96.7 Å². The van der Waals surface area contributed by atoms with Crippen molar-refractivity contribution in [3.05, 3.63) is 41.9 Å². The Morgan fingerprint density at radius 3 is 3.06 bits per heavy atom. The lowest BCUT2D eigenvalue weighted by molar-refractivity contribution is 0.102. The predicted octanol–water partition coefficient (Wildman–Crippen LogP) is 0.367. The monoisotopic (exact) mass is 241 g/mol. The molecule has 0 aliphatic heterocycles. The van der Waals surface area contributed by atoms with Crippen molar-refractivity contribution in [2.24, 2.45) is 5.73 Å². The summed E-state index contributed by atoms with van der Waals surface area (Å²) in [5.74, 6) is 5.62. The first-order valence-electron chi connectivity index (χ1n) is 5.26. The highest BCUT2D eigenvalue weighted by molar-refractivity contribution is 6.02. The van der Waals surface area contributed by atoms with Gasteiger partial charge in [-0.15, -0.1) is 0 Å². The molecule has 1 amide bonds. The van der Waals surface area contributed by atoms with Crippen molar-refractivity contribution in [3.63, 3.8) is 0 Å². The Balaban J connectivity index is 2.12. The van der Waals surface area contributed by atoms with E-state index in [4.69, 9.17) is 5.73 Å². The van der Waals surface area contributed by atoms with E-state index in [1.54, 1.807) is 24.3 Å². The maximum Gasteiger partial charge on any atom is 0.274 e. The van der Waals surface area contributed by atoms with Gasteiger partial charge in [0.2, 0.25) is 0 Å². The average molecular weight is 241 g/mol. The maximum absolute atomic E-state index is 11.7. The smallest absolute Gasteiger partial charge is 0.274 e. The van der Waals surface area contributed by atoms with E-state index >= 15 is 0 Å². The average Bonchev–Trinajstić information content (AvgIpc) is 2.91. The lowest BCUT2D eigenvalue weighted by atomic mass is 10.3. The van der Waals surface area contributed by atoms with Crippen LogP contribution in [-0.2, 0) is 0 Å². The van der Waals surface area contributed by atoms with Crippen molar-refractivity contribution in [2.75, 3.05) is 11.9 Å². The van der Waals surface area contributed by atoms with E-state index in [1.807, 2.05) is 0 Å². The number of amides is 1. The van der Waals surface area contributed by atoms with Crippen LogP contribution in [0.25, 0.3) is 0 Å². The molecule has 0 spiro atoms. The van der Waals surface area contributed by atoms with Gasteiger partial charge in [0, 0.05) is 6.20 Å². The summed E-state index contributed by atoms with van der Waals surface area (Å²) >= 11 is 0. The Hall–Kier alpha value is -2.65. The Kier molecular flexibility index (Phi) is 3.69. The van der Waals surface area contributed by atoms with Gasteiger partial charge in [0.25, 0.3) is 5.91 Å². The standard InChI is InChI=1S/C12H11N5O/c13-7-2-4-9-3-1-5-11(15-9)16-12(18)10-6-8-14-17-10/h1,3,5-6,8H,7,13H2,(H,14,17)(H,15,16,18). The number of aromatic nitrogens is 3. The van der Waals surface area contributed by atoms with Crippen LogP contribution in [0.1, 0.15) is 16.2 Å².